The Bertz CT molecular complexity index is 641. The van der Waals surface area contributed by atoms with Gasteiger partial charge in [0, 0.05) is 6.07 Å². The summed E-state index contributed by atoms with van der Waals surface area (Å²) in [7, 11) is 1.45. The highest BCUT2D eigenvalue weighted by Gasteiger charge is 2.13. The number of aliphatic hydroxyl groups excluding tert-OH is 1. The fourth-order valence-electron chi connectivity index (χ4n) is 1.90. The number of aliphatic hydroxyl groups is 1. The van der Waals surface area contributed by atoms with E-state index in [9.17, 15) is 15.2 Å². The molecule has 0 aliphatic rings. The van der Waals surface area contributed by atoms with Gasteiger partial charge in [0.05, 0.1) is 36.9 Å². The lowest BCUT2D eigenvalue weighted by molar-refractivity contribution is -0.385. The SMILES string of the molecule is CCC(O)c1cn(Cc2cc(OC)cc([N+](=O)[O-])c2)nn1. The molecule has 8 heteroatoms. The van der Waals surface area contributed by atoms with Gasteiger partial charge in [-0.15, -0.1) is 5.10 Å². The van der Waals surface area contributed by atoms with E-state index < -0.39 is 11.0 Å². The van der Waals surface area contributed by atoms with Crippen molar-refractivity contribution < 1.29 is 14.8 Å². The smallest absolute Gasteiger partial charge is 0.273 e. The number of nitrogens with zero attached hydrogens (tertiary/aromatic N) is 4. The molecule has 0 amide bonds. The lowest BCUT2D eigenvalue weighted by Gasteiger charge is -2.05. The van der Waals surface area contributed by atoms with Crippen molar-refractivity contribution >= 4 is 5.69 Å². The molecule has 21 heavy (non-hydrogen) atoms. The largest absolute Gasteiger partial charge is 0.496 e. The normalized spacial score (nSPS) is 12.1. The molecule has 0 fully saturated rings. The Morgan fingerprint density at radius 1 is 1.48 bits per heavy atom. The zero-order valence-electron chi connectivity index (χ0n) is 11.8. The van der Waals surface area contributed by atoms with Crippen molar-refractivity contribution in [1.82, 2.24) is 15.0 Å². The predicted molar refractivity (Wildman–Crippen MR) is 74.0 cm³/mol. The van der Waals surface area contributed by atoms with Crippen molar-refractivity contribution in [2.45, 2.75) is 26.0 Å². The molecule has 1 N–H and O–H groups in total. The molecule has 1 aromatic heterocycles. The Kier molecular flexibility index (Phi) is 4.49. The van der Waals surface area contributed by atoms with Crippen LogP contribution in [0.1, 0.15) is 30.7 Å². The molecule has 0 saturated heterocycles. The van der Waals surface area contributed by atoms with Crippen LogP contribution in [0.5, 0.6) is 5.75 Å². The van der Waals surface area contributed by atoms with E-state index in [2.05, 4.69) is 10.3 Å². The Labute approximate surface area is 121 Å². The number of hydrogen-bond acceptors (Lipinski definition) is 6. The average molecular weight is 292 g/mol. The van der Waals surface area contributed by atoms with E-state index in [1.807, 2.05) is 6.92 Å². The first-order valence-corrected chi connectivity index (χ1v) is 6.44. The summed E-state index contributed by atoms with van der Waals surface area (Å²) >= 11 is 0. The predicted octanol–water partition coefficient (Wildman–Crippen LogP) is 1.69. The molecular weight excluding hydrogens is 276 g/mol. The second-order valence-corrected chi connectivity index (χ2v) is 4.56. The van der Waals surface area contributed by atoms with Gasteiger partial charge in [0.2, 0.25) is 0 Å². The molecule has 1 atom stereocenters. The molecule has 0 radical (unpaired) electrons. The Morgan fingerprint density at radius 3 is 2.86 bits per heavy atom. The van der Waals surface area contributed by atoms with Crippen LogP contribution in [-0.2, 0) is 6.54 Å². The van der Waals surface area contributed by atoms with Crippen LogP contribution in [0.4, 0.5) is 5.69 Å². The van der Waals surface area contributed by atoms with Crippen molar-refractivity contribution in [3.63, 3.8) is 0 Å². The number of benzene rings is 1. The third kappa shape index (κ3) is 3.54. The molecule has 0 saturated carbocycles. The minimum Gasteiger partial charge on any atom is -0.496 e. The van der Waals surface area contributed by atoms with Gasteiger partial charge in [-0.05, 0) is 18.1 Å². The van der Waals surface area contributed by atoms with Gasteiger partial charge in [0.1, 0.15) is 11.4 Å². The van der Waals surface area contributed by atoms with E-state index in [1.54, 1.807) is 12.3 Å². The summed E-state index contributed by atoms with van der Waals surface area (Å²) in [5.41, 5.74) is 1.11. The van der Waals surface area contributed by atoms with Gasteiger partial charge < -0.3 is 9.84 Å². The molecule has 0 spiro atoms. The quantitative estimate of drug-likeness (QED) is 0.641. The van der Waals surface area contributed by atoms with Crippen LogP contribution in [0.2, 0.25) is 0 Å². The van der Waals surface area contributed by atoms with Crippen LogP contribution < -0.4 is 4.74 Å². The highest BCUT2D eigenvalue weighted by Crippen LogP contribution is 2.23. The maximum absolute atomic E-state index is 10.9. The zero-order valence-corrected chi connectivity index (χ0v) is 11.8. The van der Waals surface area contributed by atoms with Gasteiger partial charge in [0.25, 0.3) is 5.69 Å². The van der Waals surface area contributed by atoms with Crippen LogP contribution in [0, 0.1) is 10.1 Å². The van der Waals surface area contributed by atoms with Crippen molar-refractivity contribution in [3.05, 3.63) is 45.8 Å². The number of nitro groups is 1. The Hall–Kier alpha value is -2.48. The number of rotatable bonds is 6. The second kappa shape index (κ2) is 6.31. The fraction of sp³-hybridized carbons (Fsp3) is 0.385. The third-order valence-electron chi connectivity index (χ3n) is 3.03. The van der Waals surface area contributed by atoms with E-state index in [-0.39, 0.29) is 5.69 Å². The fourth-order valence-corrected chi connectivity index (χ4v) is 1.90. The summed E-state index contributed by atoms with van der Waals surface area (Å²) in [4.78, 5) is 10.4. The number of non-ortho nitro benzene ring substituents is 1. The van der Waals surface area contributed by atoms with Gasteiger partial charge in [0.15, 0.2) is 0 Å². The summed E-state index contributed by atoms with van der Waals surface area (Å²) in [5.74, 6) is 0.410. The van der Waals surface area contributed by atoms with Crippen molar-refractivity contribution in [2.24, 2.45) is 0 Å². The van der Waals surface area contributed by atoms with Crippen LogP contribution >= 0.6 is 0 Å². The number of nitro benzene ring substituents is 1. The van der Waals surface area contributed by atoms with E-state index in [0.29, 0.717) is 30.0 Å². The lowest BCUT2D eigenvalue weighted by Crippen LogP contribution is -2.02. The van der Waals surface area contributed by atoms with Crippen molar-refractivity contribution in [1.29, 1.82) is 0 Å². The summed E-state index contributed by atoms with van der Waals surface area (Å²) in [5, 5.41) is 28.4. The highest BCUT2D eigenvalue weighted by atomic mass is 16.6. The minimum atomic E-state index is -0.654. The van der Waals surface area contributed by atoms with Gasteiger partial charge in [-0.3, -0.25) is 10.1 Å². The van der Waals surface area contributed by atoms with Crippen LogP contribution in [0.15, 0.2) is 24.4 Å². The van der Waals surface area contributed by atoms with Crippen molar-refractivity contribution in [3.8, 4) is 5.75 Å². The van der Waals surface area contributed by atoms with Gasteiger partial charge in [-0.25, -0.2) is 4.68 Å². The number of methoxy groups -OCH3 is 1. The number of hydrogen-bond donors (Lipinski definition) is 1. The van der Waals surface area contributed by atoms with Gasteiger partial charge >= 0.3 is 0 Å². The molecular formula is C13H16N4O4. The molecule has 112 valence electrons. The maximum atomic E-state index is 10.9. The molecule has 1 unspecified atom stereocenters. The maximum Gasteiger partial charge on any atom is 0.273 e. The van der Waals surface area contributed by atoms with Crippen molar-refractivity contribution in [2.75, 3.05) is 7.11 Å². The molecule has 0 bridgehead atoms. The zero-order chi connectivity index (χ0) is 15.4. The summed E-state index contributed by atoms with van der Waals surface area (Å²) in [6.07, 6.45) is 1.52. The van der Waals surface area contributed by atoms with E-state index in [1.165, 1.54) is 23.9 Å². The molecule has 2 aromatic rings. The topological polar surface area (TPSA) is 103 Å². The van der Waals surface area contributed by atoms with Gasteiger partial charge in [-0.2, -0.15) is 0 Å². The minimum absolute atomic E-state index is 0.0433. The standard InChI is InChI=1S/C13H16N4O4/c1-3-13(18)12-8-16(15-14-12)7-9-4-10(17(19)20)6-11(5-9)21-2/h4-6,8,13,18H,3,7H2,1-2H3. The van der Waals surface area contributed by atoms with E-state index >= 15 is 0 Å². The van der Waals surface area contributed by atoms with Crippen LogP contribution in [0.3, 0.4) is 0 Å². The molecule has 1 heterocycles. The molecule has 2 rings (SSSR count). The summed E-state index contributed by atoms with van der Waals surface area (Å²) in [6, 6.07) is 4.52. The first-order chi connectivity index (χ1) is 10.0. The molecule has 0 aliphatic carbocycles. The summed E-state index contributed by atoms with van der Waals surface area (Å²) < 4.78 is 6.58. The Balaban J connectivity index is 2.24. The molecule has 8 nitrogen and oxygen atoms in total. The average Bonchev–Trinajstić information content (AvgIpc) is 2.94. The van der Waals surface area contributed by atoms with Crippen LogP contribution in [-0.4, -0.2) is 32.1 Å². The van der Waals surface area contributed by atoms with Gasteiger partial charge in [-0.1, -0.05) is 12.1 Å². The summed E-state index contributed by atoms with van der Waals surface area (Å²) in [6.45, 7) is 2.15. The third-order valence-corrected chi connectivity index (χ3v) is 3.03. The van der Waals surface area contributed by atoms with E-state index in [0.717, 1.165) is 0 Å². The van der Waals surface area contributed by atoms with Crippen LogP contribution in [0.25, 0.3) is 0 Å². The second-order valence-electron chi connectivity index (χ2n) is 4.56. The number of ether oxygens (including phenoxy) is 1. The first-order valence-electron chi connectivity index (χ1n) is 6.44. The van der Waals surface area contributed by atoms with E-state index in [4.69, 9.17) is 4.74 Å². The molecule has 0 aliphatic heterocycles. The highest BCUT2D eigenvalue weighted by molar-refractivity contribution is 5.42. The Morgan fingerprint density at radius 2 is 2.24 bits per heavy atom. The monoisotopic (exact) mass is 292 g/mol. The lowest BCUT2D eigenvalue weighted by atomic mass is 10.2. The molecule has 1 aromatic carbocycles. The number of aromatic nitrogens is 3. The first kappa shape index (κ1) is 14.9.